The fraction of sp³-hybridized carbons (Fsp3) is 0.500. The van der Waals surface area contributed by atoms with E-state index in [1.54, 1.807) is 11.3 Å². The highest BCUT2D eigenvalue weighted by Gasteiger charge is 2.23. The molecule has 0 aliphatic heterocycles. The second-order valence-corrected chi connectivity index (χ2v) is 4.92. The molecule has 1 heterocycles. The third-order valence-corrected chi connectivity index (χ3v) is 3.19. The molecule has 86 valence electrons. The average molecular weight is 236 g/mol. The normalized spacial score (nSPS) is 14.2. The van der Waals surface area contributed by atoms with Crippen LogP contribution in [0.5, 0.6) is 0 Å². The Morgan fingerprint density at radius 2 is 2.19 bits per heavy atom. The van der Waals surface area contributed by atoms with Gasteiger partial charge in [-0.05, 0) is 35.2 Å². The number of nitrogens with zero attached hydrogens (tertiary/aromatic N) is 1. The Kier molecular flexibility index (Phi) is 4.51. The van der Waals surface area contributed by atoms with Crippen molar-refractivity contribution in [2.24, 2.45) is 11.8 Å². The predicted molar refractivity (Wildman–Crippen MR) is 64.8 cm³/mol. The number of hydrogen-bond donors (Lipinski definition) is 1. The highest BCUT2D eigenvalue weighted by molar-refractivity contribution is 7.07. The van der Waals surface area contributed by atoms with Crippen molar-refractivity contribution in [1.29, 1.82) is 5.26 Å². The predicted octanol–water partition coefficient (Wildman–Crippen LogP) is 2.72. The first-order valence-corrected chi connectivity index (χ1v) is 6.22. The molecule has 1 aromatic heterocycles. The van der Waals surface area contributed by atoms with E-state index < -0.39 is 5.92 Å². The third-order valence-electron chi connectivity index (χ3n) is 2.49. The van der Waals surface area contributed by atoms with E-state index in [-0.39, 0.29) is 17.9 Å². The van der Waals surface area contributed by atoms with Crippen molar-refractivity contribution in [1.82, 2.24) is 5.32 Å². The van der Waals surface area contributed by atoms with Crippen LogP contribution in [0.4, 0.5) is 0 Å². The van der Waals surface area contributed by atoms with Gasteiger partial charge in [0.15, 0.2) is 0 Å². The van der Waals surface area contributed by atoms with Gasteiger partial charge in [0.1, 0.15) is 5.92 Å². The van der Waals surface area contributed by atoms with Crippen LogP contribution in [-0.2, 0) is 4.79 Å². The standard InChI is InChI=1S/C12H16N2OS/c1-8(2)11(6-13)12(15)14-9(3)10-4-5-16-7-10/h4-5,7-9,11H,1-3H3,(H,14,15). The number of nitrogens with one attached hydrogen (secondary N) is 1. The molecule has 0 fully saturated rings. The van der Waals surface area contributed by atoms with Crippen LogP contribution in [0.1, 0.15) is 32.4 Å². The summed E-state index contributed by atoms with van der Waals surface area (Å²) in [6, 6.07) is 3.99. The van der Waals surface area contributed by atoms with Crippen molar-refractivity contribution in [2.75, 3.05) is 0 Å². The van der Waals surface area contributed by atoms with Gasteiger partial charge in [-0.1, -0.05) is 13.8 Å². The number of amides is 1. The first kappa shape index (κ1) is 12.7. The van der Waals surface area contributed by atoms with E-state index in [0.29, 0.717) is 0 Å². The number of thiophene rings is 1. The monoisotopic (exact) mass is 236 g/mol. The molecular formula is C12H16N2OS. The molecule has 1 N–H and O–H groups in total. The lowest BCUT2D eigenvalue weighted by molar-refractivity contribution is -0.125. The SMILES string of the molecule is CC(NC(=O)C(C#N)C(C)C)c1ccsc1. The first-order chi connectivity index (χ1) is 7.56. The highest BCUT2D eigenvalue weighted by Crippen LogP contribution is 2.17. The number of carbonyl (C=O) groups is 1. The molecule has 4 heteroatoms. The maximum Gasteiger partial charge on any atom is 0.238 e. The summed E-state index contributed by atoms with van der Waals surface area (Å²) in [4.78, 5) is 11.8. The summed E-state index contributed by atoms with van der Waals surface area (Å²) in [5, 5.41) is 15.7. The molecule has 0 bridgehead atoms. The van der Waals surface area contributed by atoms with E-state index in [4.69, 9.17) is 5.26 Å². The maximum absolute atomic E-state index is 11.8. The number of rotatable bonds is 4. The third kappa shape index (κ3) is 3.07. The van der Waals surface area contributed by atoms with Gasteiger partial charge in [0.05, 0.1) is 12.1 Å². The van der Waals surface area contributed by atoms with Crippen molar-refractivity contribution in [3.8, 4) is 6.07 Å². The van der Waals surface area contributed by atoms with E-state index in [2.05, 4.69) is 5.32 Å². The Balaban J connectivity index is 2.61. The summed E-state index contributed by atoms with van der Waals surface area (Å²) in [5.41, 5.74) is 1.08. The molecule has 0 saturated heterocycles. The van der Waals surface area contributed by atoms with Gasteiger partial charge in [-0.3, -0.25) is 4.79 Å². The molecule has 3 nitrogen and oxygen atoms in total. The Morgan fingerprint density at radius 3 is 2.62 bits per heavy atom. The lowest BCUT2D eigenvalue weighted by atomic mass is 9.96. The van der Waals surface area contributed by atoms with E-state index >= 15 is 0 Å². The van der Waals surface area contributed by atoms with Crippen LogP contribution in [0.3, 0.4) is 0 Å². The van der Waals surface area contributed by atoms with Crippen molar-refractivity contribution in [3.05, 3.63) is 22.4 Å². The summed E-state index contributed by atoms with van der Waals surface area (Å²) < 4.78 is 0. The zero-order valence-electron chi connectivity index (χ0n) is 9.73. The average Bonchev–Trinajstić information content (AvgIpc) is 2.70. The minimum atomic E-state index is -0.568. The van der Waals surface area contributed by atoms with Crippen LogP contribution in [-0.4, -0.2) is 5.91 Å². The topological polar surface area (TPSA) is 52.9 Å². The molecule has 0 aliphatic rings. The first-order valence-electron chi connectivity index (χ1n) is 5.28. The summed E-state index contributed by atoms with van der Waals surface area (Å²) in [5.74, 6) is -0.711. The van der Waals surface area contributed by atoms with Gasteiger partial charge < -0.3 is 5.32 Å². The summed E-state index contributed by atoms with van der Waals surface area (Å²) in [7, 11) is 0. The lowest BCUT2D eigenvalue weighted by Crippen LogP contribution is -2.34. The van der Waals surface area contributed by atoms with Crippen LogP contribution >= 0.6 is 11.3 Å². The molecule has 2 atom stereocenters. The fourth-order valence-electron chi connectivity index (χ4n) is 1.42. The largest absolute Gasteiger partial charge is 0.348 e. The van der Waals surface area contributed by atoms with Gasteiger partial charge in [0, 0.05) is 0 Å². The van der Waals surface area contributed by atoms with E-state index in [1.807, 2.05) is 43.7 Å². The minimum absolute atomic E-state index is 0.0339. The van der Waals surface area contributed by atoms with Gasteiger partial charge in [-0.25, -0.2) is 0 Å². The molecule has 1 aromatic rings. The number of carbonyl (C=O) groups excluding carboxylic acids is 1. The Bertz CT molecular complexity index is 378. The molecule has 0 saturated carbocycles. The molecule has 1 amide bonds. The number of hydrogen-bond acceptors (Lipinski definition) is 3. The van der Waals surface area contributed by atoms with Gasteiger partial charge in [-0.2, -0.15) is 16.6 Å². The Hall–Kier alpha value is -1.34. The molecular weight excluding hydrogens is 220 g/mol. The molecule has 2 unspecified atom stereocenters. The summed E-state index contributed by atoms with van der Waals surface area (Å²) in [6.07, 6.45) is 0. The molecule has 0 radical (unpaired) electrons. The Morgan fingerprint density at radius 1 is 1.50 bits per heavy atom. The number of nitriles is 1. The summed E-state index contributed by atoms with van der Waals surface area (Å²) >= 11 is 1.60. The zero-order chi connectivity index (χ0) is 12.1. The van der Waals surface area contributed by atoms with Crippen molar-refractivity contribution in [2.45, 2.75) is 26.8 Å². The van der Waals surface area contributed by atoms with Gasteiger partial charge in [0.25, 0.3) is 0 Å². The second-order valence-electron chi connectivity index (χ2n) is 4.14. The maximum atomic E-state index is 11.8. The van der Waals surface area contributed by atoms with Crippen LogP contribution in [0.15, 0.2) is 16.8 Å². The quantitative estimate of drug-likeness (QED) is 0.874. The van der Waals surface area contributed by atoms with Gasteiger partial charge in [0.2, 0.25) is 5.91 Å². The minimum Gasteiger partial charge on any atom is -0.348 e. The van der Waals surface area contributed by atoms with Gasteiger partial charge in [-0.15, -0.1) is 0 Å². The van der Waals surface area contributed by atoms with E-state index in [9.17, 15) is 4.79 Å². The molecule has 0 aromatic carbocycles. The molecule has 0 spiro atoms. The molecule has 16 heavy (non-hydrogen) atoms. The van der Waals surface area contributed by atoms with Crippen LogP contribution in [0, 0.1) is 23.2 Å². The second kappa shape index (κ2) is 5.66. The van der Waals surface area contributed by atoms with Crippen molar-refractivity contribution >= 4 is 17.2 Å². The molecule has 0 aliphatic carbocycles. The Labute approximate surface area is 100 Å². The van der Waals surface area contributed by atoms with Gasteiger partial charge >= 0.3 is 0 Å². The van der Waals surface area contributed by atoms with E-state index in [0.717, 1.165) is 5.56 Å². The summed E-state index contributed by atoms with van der Waals surface area (Å²) in [6.45, 7) is 5.68. The lowest BCUT2D eigenvalue weighted by Gasteiger charge is -2.17. The highest BCUT2D eigenvalue weighted by atomic mass is 32.1. The molecule has 1 rings (SSSR count). The van der Waals surface area contributed by atoms with Crippen molar-refractivity contribution < 1.29 is 4.79 Å². The smallest absolute Gasteiger partial charge is 0.238 e. The van der Waals surface area contributed by atoms with E-state index in [1.165, 1.54) is 0 Å². The van der Waals surface area contributed by atoms with Crippen LogP contribution in [0.2, 0.25) is 0 Å². The van der Waals surface area contributed by atoms with Crippen molar-refractivity contribution in [3.63, 3.8) is 0 Å². The van der Waals surface area contributed by atoms with Crippen LogP contribution in [0.25, 0.3) is 0 Å². The zero-order valence-corrected chi connectivity index (χ0v) is 10.5. The fourth-order valence-corrected chi connectivity index (χ4v) is 2.17. The van der Waals surface area contributed by atoms with Crippen LogP contribution < -0.4 is 5.32 Å².